The zero-order valence-electron chi connectivity index (χ0n) is 42.3. The van der Waals surface area contributed by atoms with Gasteiger partial charge in [-0.3, -0.25) is 0 Å². The molecule has 3 heterocycles. The van der Waals surface area contributed by atoms with Crippen LogP contribution >= 0.6 is 0 Å². The normalized spacial score (nSPS) is 23.6. The number of hydrogen-bond acceptors (Lipinski definition) is 2. The smallest absolute Gasteiger partial charge is 0.333 e. The van der Waals surface area contributed by atoms with Crippen molar-refractivity contribution in [1.82, 2.24) is 0 Å². The van der Waals surface area contributed by atoms with Crippen molar-refractivity contribution < 1.29 is 0 Å². The largest absolute Gasteiger partial charge is 0.376 e. The molecule has 0 saturated heterocycles. The SMILES string of the molecule is Cc1cc(C(C)(C)C)ccc1N1B2c3cc(C(C)(C)C)cc4c3N(c3c2c(cc2ccccc32)-c2cc3c(cc21)-c1cc2c(cc1C3(C)C)C(C)(C)CCC2(C)C)C1(C)CCCCC41C. The van der Waals surface area contributed by atoms with Gasteiger partial charge in [-0.25, -0.2) is 0 Å². The number of nitrogens with zero attached hydrogens (tertiary/aromatic N) is 2. The van der Waals surface area contributed by atoms with Crippen LogP contribution in [0.15, 0.2) is 84.9 Å². The van der Waals surface area contributed by atoms with Gasteiger partial charge in [-0.1, -0.05) is 157 Å². The number of aryl methyl sites for hydroxylation is 1. The molecule has 0 aromatic heterocycles. The Labute approximate surface area is 391 Å². The quantitative estimate of drug-likeness (QED) is 0.152. The predicted octanol–water partition coefficient (Wildman–Crippen LogP) is 15.4. The van der Waals surface area contributed by atoms with Crippen molar-refractivity contribution >= 4 is 51.3 Å². The minimum atomic E-state index is -0.148. The zero-order chi connectivity index (χ0) is 45.9. The van der Waals surface area contributed by atoms with Gasteiger partial charge in [0.05, 0.1) is 5.54 Å². The van der Waals surface area contributed by atoms with E-state index in [0.29, 0.717) is 0 Å². The number of hydrogen-bond donors (Lipinski definition) is 0. The Bertz CT molecular complexity index is 3110. The second-order valence-corrected chi connectivity index (χ2v) is 26.0. The van der Waals surface area contributed by atoms with E-state index in [1.54, 1.807) is 16.7 Å². The molecule has 3 aliphatic carbocycles. The molecule has 3 heteroatoms. The first-order chi connectivity index (χ1) is 30.4. The molecule has 3 aliphatic heterocycles. The zero-order valence-corrected chi connectivity index (χ0v) is 42.3. The Morgan fingerprint density at radius 1 is 0.523 bits per heavy atom. The van der Waals surface area contributed by atoms with E-state index in [4.69, 9.17) is 0 Å². The third-order valence-corrected chi connectivity index (χ3v) is 18.8. The topological polar surface area (TPSA) is 6.48 Å². The molecule has 12 rings (SSSR count). The van der Waals surface area contributed by atoms with Crippen molar-refractivity contribution in [1.29, 1.82) is 0 Å². The fraction of sp³-hybridized carbons (Fsp3) is 0.452. The van der Waals surface area contributed by atoms with Gasteiger partial charge in [-0.05, 0) is 169 Å². The van der Waals surface area contributed by atoms with Crippen LogP contribution in [0.5, 0.6) is 0 Å². The standard InChI is InChI=1S/C62H71BN2/c1-36-28-38(56(2,3)4)22-23-51(36)65-52-34-42-41-32-47-48(59(10,11)27-26-58(47,8)9)35-46(41)60(12,13)45(42)33-43(52)44-29-37-20-16-17-21-40(37)54-53(44)63(65)50-31-39(57(5,6)7)30-49-55(50)64(54)62(15)25-19-18-24-61(49,62)14/h16-17,20-23,28-35H,18-19,24-27H2,1-15H3. The van der Waals surface area contributed by atoms with Crippen molar-refractivity contribution in [2.45, 2.75) is 180 Å². The van der Waals surface area contributed by atoms with E-state index in [9.17, 15) is 0 Å². The van der Waals surface area contributed by atoms with E-state index in [-0.39, 0.29) is 44.9 Å². The van der Waals surface area contributed by atoms with Crippen molar-refractivity contribution in [2.75, 3.05) is 9.71 Å². The summed E-state index contributed by atoms with van der Waals surface area (Å²) in [5.41, 5.74) is 26.2. The van der Waals surface area contributed by atoms with Crippen LogP contribution in [0.25, 0.3) is 33.0 Å². The Balaban J connectivity index is 1.24. The Morgan fingerprint density at radius 3 is 1.85 bits per heavy atom. The summed E-state index contributed by atoms with van der Waals surface area (Å²) in [6.07, 6.45) is 7.39. The van der Waals surface area contributed by atoms with Crippen LogP contribution in [-0.2, 0) is 32.5 Å². The molecule has 6 aromatic carbocycles. The molecular formula is C62H71BN2. The molecule has 0 radical (unpaired) electrons. The highest BCUT2D eigenvalue weighted by atomic mass is 15.3. The monoisotopic (exact) mass is 855 g/mol. The summed E-state index contributed by atoms with van der Waals surface area (Å²) in [5.74, 6) is 0. The Kier molecular flexibility index (Phi) is 8.08. The third kappa shape index (κ3) is 5.25. The van der Waals surface area contributed by atoms with E-state index < -0.39 is 0 Å². The van der Waals surface area contributed by atoms with Gasteiger partial charge in [0.15, 0.2) is 0 Å². The van der Waals surface area contributed by atoms with Gasteiger partial charge < -0.3 is 9.71 Å². The number of rotatable bonds is 1. The van der Waals surface area contributed by atoms with E-state index in [0.717, 1.165) is 0 Å². The van der Waals surface area contributed by atoms with Crippen LogP contribution in [-0.4, -0.2) is 12.4 Å². The van der Waals surface area contributed by atoms with Gasteiger partial charge in [0.25, 0.3) is 0 Å². The third-order valence-electron chi connectivity index (χ3n) is 18.8. The predicted molar refractivity (Wildman–Crippen MR) is 281 cm³/mol. The molecule has 6 aliphatic rings. The number of fused-ring (bicyclic) bond motifs is 13. The average molecular weight is 855 g/mol. The van der Waals surface area contributed by atoms with Crippen LogP contribution < -0.4 is 20.6 Å². The molecule has 2 atom stereocenters. The highest BCUT2D eigenvalue weighted by Crippen LogP contribution is 2.64. The van der Waals surface area contributed by atoms with E-state index in [1.807, 2.05) is 0 Å². The summed E-state index contributed by atoms with van der Waals surface area (Å²) < 4.78 is 0. The summed E-state index contributed by atoms with van der Waals surface area (Å²) >= 11 is 0. The molecule has 0 bridgehead atoms. The average Bonchev–Trinajstić information content (AvgIpc) is 3.59. The van der Waals surface area contributed by atoms with E-state index in [2.05, 4.69) is 198 Å². The molecule has 0 spiro atoms. The second-order valence-electron chi connectivity index (χ2n) is 26.0. The lowest BCUT2D eigenvalue weighted by atomic mass is 9.42. The van der Waals surface area contributed by atoms with Crippen molar-refractivity contribution in [3.8, 4) is 22.3 Å². The minimum absolute atomic E-state index is 0.00779. The van der Waals surface area contributed by atoms with Crippen LogP contribution in [0, 0.1) is 6.92 Å². The van der Waals surface area contributed by atoms with Crippen LogP contribution in [0.4, 0.5) is 22.7 Å². The minimum Gasteiger partial charge on any atom is -0.376 e. The van der Waals surface area contributed by atoms with Gasteiger partial charge in [0, 0.05) is 44.5 Å². The molecular weight excluding hydrogens is 784 g/mol. The Morgan fingerprint density at radius 2 is 1.15 bits per heavy atom. The number of benzene rings is 6. The lowest BCUT2D eigenvalue weighted by Gasteiger charge is -2.53. The highest BCUT2D eigenvalue weighted by molar-refractivity contribution is 6.94. The lowest BCUT2D eigenvalue weighted by molar-refractivity contribution is 0.195. The van der Waals surface area contributed by atoms with Gasteiger partial charge in [-0.2, -0.15) is 0 Å². The molecule has 0 amide bonds. The Hall–Kier alpha value is -4.76. The lowest BCUT2D eigenvalue weighted by Crippen LogP contribution is -2.65. The maximum Gasteiger partial charge on any atom is 0.333 e. The molecule has 2 nitrogen and oxygen atoms in total. The van der Waals surface area contributed by atoms with Gasteiger partial charge in [-0.15, -0.1) is 0 Å². The maximum absolute atomic E-state index is 2.95. The van der Waals surface area contributed by atoms with E-state index >= 15 is 0 Å². The second kappa shape index (κ2) is 12.6. The highest BCUT2D eigenvalue weighted by Gasteiger charge is 2.62. The summed E-state index contributed by atoms with van der Waals surface area (Å²) in [6.45, 7) is 36.9. The van der Waals surface area contributed by atoms with Crippen molar-refractivity contribution in [3.05, 3.63) is 129 Å². The first kappa shape index (κ1) is 41.7. The van der Waals surface area contributed by atoms with Gasteiger partial charge >= 0.3 is 6.85 Å². The molecule has 332 valence electrons. The van der Waals surface area contributed by atoms with Gasteiger partial charge in [0.1, 0.15) is 0 Å². The molecule has 0 N–H and O–H groups in total. The fourth-order valence-corrected chi connectivity index (χ4v) is 14.4. The maximum atomic E-state index is 2.95. The molecule has 65 heavy (non-hydrogen) atoms. The van der Waals surface area contributed by atoms with Crippen LogP contribution in [0.1, 0.15) is 180 Å². The summed E-state index contributed by atoms with van der Waals surface area (Å²) in [5, 5.41) is 2.73. The van der Waals surface area contributed by atoms with Crippen LogP contribution in [0.3, 0.4) is 0 Å². The number of anilines is 4. The fourth-order valence-electron chi connectivity index (χ4n) is 14.4. The summed E-state index contributed by atoms with van der Waals surface area (Å²) in [4.78, 5) is 5.79. The van der Waals surface area contributed by atoms with Crippen molar-refractivity contribution in [2.24, 2.45) is 0 Å². The summed E-state index contributed by atoms with van der Waals surface area (Å²) in [6, 6.07) is 35.4. The molecule has 2 unspecified atom stereocenters. The first-order valence-corrected chi connectivity index (χ1v) is 25.2. The van der Waals surface area contributed by atoms with E-state index in [1.165, 1.54) is 133 Å². The molecule has 6 aromatic rings. The molecule has 1 saturated carbocycles. The first-order valence-electron chi connectivity index (χ1n) is 25.2. The molecule has 1 fully saturated rings. The van der Waals surface area contributed by atoms with Gasteiger partial charge in [0.2, 0.25) is 0 Å². The summed E-state index contributed by atoms with van der Waals surface area (Å²) in [7, 11) is 0. The van der Waals surface area contributed by atoms with Crippen LogP contribution in [0.2, 0.25) is 0 Å². The van der Waals surface area contributed by atoms with Crippen molar-refractivity contribution in [3.63, 3.8) is 0 Å².